The van der Waals surface area contributed by atoms with Crippen LogP contribution < -0.4 is 10.6 Å². The first-order valence-electron chi connectivity index (χ1n) is 6.68. The molecule has 0 saturated carbocycles. The average molecular weight is 373 g/mol. The Kier molecular flexibility index (Phi) is 4.56. The van der Waals surface area contributed by atoms with Crippen LogP contribution in [0.4, 0.5) is 17.1 Å². The zero-order valence-electron chi connectivity index (χ0n) is 11.5. The van der Waals surface area contributed by atoms with Crippen LogP contribution in [0, 0.1) is 0 Å². The quantitative estimate of drug-likeness (QED) is 0.634. The van der Waals surface area contributed by atoms with Crippen LogP contribution in [0.5, 0.6) is 0 Å². The van der Waals surface area contributed by atoms with Crippen molar-refractivity contribution >= 4 is 50.2 Å². The number of anilines is 3. The first-order valence-corrected chi connectivity index (χ1v) is 8.35. The third-order valence-electron chi connectivity index (χ3n) is 3.02. The van der Waals surface area contributed by atoms with Crippen molar-refractivity contribution in [3.63, 3.8) is 0 Å². The molecular formula is C17H13BrN2OS. The lowest BCUT2D eigenvalue weighted by molar-refractivity contribution is 0.103. The van der Waals surface area contributed by atoms with Crippen molar-refractivity contribution in [2.45, 2.75) is 0 Å². The molecule has 0 fully saturated rings. The molecule has 0 spiro atoms. The van der Waals surface area contributed by atoms with Crippen LogP contribution in [-0.2, 0) is 0 Å². The molecule has 3 nitrogen and oxygen atoms in total. The summed E-state index contributed by atoms with van der Waals surface area (Å²) in [6.45, 7) is 0. The molecule has 22 heavy (non-hydrogen) atoms. The molecule has 2 aromatic carbocycles. The minimum absolute atomic E-state index is 0.0800. The molecule has 110 valence electrons. The van der Waals surface area contributed by atoms with E-state index in [-0.39, 0.29) is 5.91 Å². The van der Waals surface area contributed by atoms with Crippen LogP contribution in [0.1, 0.15) is 9.67 Å². The van der Waals surface area contributed by atoms with Gasteiger partial charge in [0.15, 0.2) is 0 Å². The number of benzene rings is 2. The second-order valence-corrected chi connectivity index (χ2v) is 6.50. The monoisotopic (exact) mass is 372 g/mol. The van der Waals surface area contributed by atoms with E-state index < -0.39 is 0 Å². The largest absolute Gasteiger partial charge is 0.356 e. The van der Waals surface area contributed by atoms with Gasteiger partial charge in [-0.05, 0) is 60.0 Å². The smallest absolute Gasteiger partial charge is 0.265 e. The number of amides is 1. The zero-order chi connectivity index (χ0) is 15.4. The molecule has 0 radical (unpaired) electrons. The van der Waals surface area contributed by atoms with Gasteiger partial charge < -0.3 is 10.6 Å². The number of hydrogen-bond donors (Lipinski definition) is 2. The van der Waals surface area contributed by atoms with E-state index in [0.29, 0.717) is 4.88 Å². The summed E-state index contributed by atoms with van der Waals surface area (Å²) >= 11 is 4.84. The first kappa shape index (κ1) is 14.8. The molecule has 0 aliphatic carbocycles. The molecule has 1 aromatic heterocycles. The molecule has 3 aromatic rings. The summed E-state index contributed by atoms with van der Waals surface area (Å²) in [6, 6.07) is 19.3. The van der Waals surface area contributed by atoms with E-state index in [0.717, 1.165) is 21.5 Å². The summed E-state index contributed by atoms with van der Waals surface area (Å²) in [4.78, 5) is 12.7. The summed E-state index contributed by atoms with van der Waals surface area (Å²) in [5.41, 5.74) is 2.76. The second-order valence-electron chi connectivity index (χ2n) is 4.64. The fourth-order valence-electron chi connectivity index (χ4n) is 1.94. The van der Waals surface area contributed by atoms with Gasteiger partial charge >= 0.3 is 0 Å². The van der Waals surface area contributed by atoms with Crippen LogP contribution in [0.3, 0.4) is 0 Å². The third kappa shape index (κ3) is 3.75. The van der Waals surface area contributed by atoms with Gasteiger partial charge in [0, 0.05) is 21.5 Å². The van der Waals surface area contributed by atoms with Gasteiger partial charge in [-0.2, -0.15) is 0 Å². The number of hydrogen-bond acceptors (Lipinski definition) is 3. The maximum absolute atomic E-state index is 12.0. The van der Waals surface area contributed by atoms with Crippen LogP contribution in [0.2, 0.25) is 0 Å². The van der Waals surface area contributed by atoms with Crippen molar-refractivity contribution < 1.29 is 4.79 Å². The predicted molar refractivity (Wildman–Crippen MR) is 96.1 cm³/mol. The van der Waals surface area contributed by atoms with Crippen molar-refractivity contribution in [3.8, 4) is 0 Å². The lowest BCUT2D eigenvalue weighted by Gasteiger charge is -2.08. The lowest BCUT2D eigenvalue weighted by Crippen LogP contribution is -2.09. The third-order valence-corrected chi connectivity index (χ3v) is 4.42. The number of rotatable bonds is 4. The molecule has 0 bridgehead atoms. The molecule has 3 rings (SSSR count). The number of nitrogens with one attached hydrogen (secondary N) is 2. The Bertz CT molecular complexity index is 752. The topological polar surface area (TPSA) is 41.1 Å². The number of halogens is 1. The van der Waals surface area contributed by atoms with Crippen LogP contribution in [-0.4, -0.2) is 5.91 Å². The van der Waals surface area contributed by atoms with E-state index >= 15 is 0 Å². The normalized spacial score (nSPS) is 10.2. The van der Waals surface area contributed by atoms with Crippen LogP contribution >= 0.6 is 27.3 Å². The molecule has 0 aliphatic heterocycles. The van der Waals surface area contributed by atoms with Crippen molar-refractivity contribution in [2.75, 3.05) is 10.6 Å². The van der Waals surface area contributed by atoms with Crippen LogP contribution in [0.15, 0.2) is 70.5 Å². The summed E-state index contributed by atoms with van der Waals surface area (Å²) in [7, 11) is 0. The molecule has 1 amide bonds. The van der Waals surface area contributed by atoms with Crippen molar-refractivity contribution in [2.24, 2.45) is 0 Å². The molecule has 0 aliphatic rings. The Morgan fingerprint density at radius 1 is 0.864 bits per heavy atom. The molecule has 2 N–H and O–H groups in total. The minimum atomic E-state index is -0.0800. The highest BCUT2D eigenvalue weighted by atomic mass is 79.9. The molecule has 0 unspecified atom stereocenters. The summed E-state index contributed by atoms with van der Waals surface area (Å²) in [5.74, 6) is -0.0800. The summed E-state index contributed by atoms with van der Waals surface area (Å²) in [5, 5.41) is 8.08. The second kappa shape index (κ2) is 6.77. The van der Waals surface area contributed by atoms with E-state index in [1.54, 1.807) is 0 Å². The maximum atomic E-state index is 12.0. The van der Waals surface area contributed by atoms with Crippen molar-refractivity contribution in [1.29, 1.82) is 0 Å². The predicted octanol–water partition coefficient (Wildman–Crippen LogP) is 5.51. The standard InChI is InChI=1S/C17H13BrN2OS/c18-12-3-5-13(6-4-12)19-14-7-9-15(10-8-14)20-17(21)16-2-1-11-22-16/h1-11,19H,(H,20,21). The number of carbonyl (C=O) groups is 1. The summed E-state index contributed by atoms with van der Waals surface area (Å²) in [6.07, 6.45) is 0. The molecular weight excluding hydrogens is 360 g/mol. The Morgan fingerprint density at radius 3 is 2.05 bits per heavy atom. The van der Waals surface area contributed by atoms with Gasteiger partial charge in [0.25, 0.3) is 5.91 Å². The van der Waals surface area contributed by atoms with Crippen molar-refractivity contribution in [3.05, 3.63) is 75.4 Å². The number of thiophene rings is 1. The van der Waals surface area contributed by atoms with Gasteiger partial charge in [0.1, 0.15) is 0 Å². The van der Waals surface area contributed by atoms with Crippen molar-refractivity contribution in [1.82, 2.24) is 0 Å². The first-order chi connectivity index (χ1) is 10.7. The highest BCUT2D eigenvalue weighted by Crippen LogP contribution is 2.21. The van der Waals surface area contributed by atoms with Gasteiger partial charge in [0.2, 0.25) is 0 Å². The Labute approximate surface area is 141 Å². The number of carbonyl (C=O) groups excluding carboxylic acids is 1. The van der Waals surface area contributed by atoms with E-state index in [9.17, 15) is 4.79 Å². The Hall–Kier alpha value is -2.11. The Balaban J connectivity index is 1.65. The van der Waals surface area contributed by atoms with E-state index in [4.69, 9.17) is 0 Å². The fourth-order valence-corrected chi connectivity index (χ4v) is 2.82. The minimum Gasteiger partial charge on any atom is -0.356 e. The fraction of sp³-hybridized carbons (Fsp3) is 0. The van der Waals surface area contributed by atoms with Gasteiger partial charge in [-0.25, -0.2) is 0 Å². The molecule has 0 saturated heterocycles. The van der Waals surface area contributed by atoms with Crippen LogP contribution in [0.25, 0.3) is 0 Å². The zero-order valence-corrected chi connectivity index (χ0v) is 13.9. The highest BCUT2D eigenvalue weighted by molar-refractivity contribution is 9.10. The molecule has 5 heteroatoms. The van der Waals surface area contributed by atoms with E-state index in [1.807, 2.05) is 66.0 Å². The van der Waals surface area contributed by atoms with Gasteiger partial charge in [-0.1, -0.05) is 22.0 Å². The summed E-state index contributed by atoms with van der Waals surface area (Å²) < 4.78 is 1.05. The molecule has 0 atom stereocenters. The lowest BCUT2D eigenvalue weighted by atomic mass is 10.2. The highest BCUT2D eigenvalue weighted by Gasteiger charge is 2.06. The van der Waals surface area contributed by atoms with Gasteiger partial charge in [0.05, 0.1) is 4.88 Å². The van der Waals surface area contributed by atoms with E-state index in [2.05, 4.69) is 26.6 Å². The van der Waals surface area contributed by atoms with Gasteiger partial charge in [-0.3, -0.25) is 4.79 Å². The van der Waals surface area contributed by atoms with E-state index in [1.165, 1.54) is 11.3 Å². The molecule has 1 heterocycles. The average Bonchev–Trinajstić information content (AvgIpc) is 3.06. The maximum Gasteiger partial charge on any atom is 0.265 e. The Morgan fingerprint density at radius 2 is 1.45 bits per heavy atom. The van der Waals surface area contributed by atoms with Gasteiger partial charge in [-0.15, -0.1) is 11.3 Å². The SMILES string of the molecule is O=C(Nc1ccc(Nc2ccc(Br)cc2)cc1)c1cccs1.